The Hall–Kier alpha value is -1.96. The van der Waals surface area contributed by atoms with Gasteiger partial charge >= 0.3 is 0 Å². The van der Waals surface area contributed by atoms with Crippen LogP contribution < -0.4 is 0 Å². The summed E-state index contributed by atoms with van der Waals surface area (Å²) in [7, 11) is 0. The van der Waals surface area contributed by atoms with Gasteiger partial charge in [0.05, 0.1) is 0 Å². The SMILES string of the molecule is CCC1CCC(C2=C(c3ccc(-c4cc(F)cc(F)c4)cc3)CCCC2)CC1. The van der Waals surface area contributed by atoms with Crippen molar-refractivity contribution in [2.24, 2.45) is 11.8 Å². The van der Waals surface area contributed by atoms with Gasteiger partial charge in [0.1, 0.15) is 11.6 Å². The van der Waals surface area contributed by atoms with Crippen molar-refractivity contribution in [3.63, 3.8) is 0 Å². The van der Waals surface area contributed by atoms with E-state index in [2.05, 4.69) is 19.1 Å². The molecule has 2 heteroatoms. The Morgan fingerprint density at radius 1 is 0.750 bits per heavy atom. The zero-order chi connectivity index (χ0) is 19.5. The van der Waals surface area contributed by atoms with Crippen molar-refractivity contribution < 1.29 is 8.78 Å². The summed E-state index contributed by atoms with van der Waals surface area (Å²) in [5, 5.41) is 0. The molecule has 0 radical (unpaired) electrons. The van der Waals surface area contributed by atoms with Crippen LogP contribution in [-0.2, 0) is 0 Å². The summed E-state index contributed by atoms with van der Waals surface area (Å²) in [6.45, 7) is 2.32. The average Bonchev–Trinajstić information content (AvgIpc) is 2.73. The van der Waals surface area contributed by atoms with E-state index in [1.165, 1.54) is 69.1 Å². The predicted octanol–water partition coefficient (Wildman–Crippen LogP) is 8.18. The molecule has 0 bridgehead atoms. The second-order valence-electron chi connectivity index (χ2n) is 8.57. The lowest BCUT2D eigenvalue weighted by atomic mass is 9.72. The maximum atomic E-state index is 13.5. The quantitative estimate of drug-likeness (QED) is 0.502. The number of rotatable bonds is 4. The average molecular weight is 381 g/mol. The van der Waals surface area contributed by atoms with Crippen LogP contribution in [0.1, 0.15) is 70.3 Å². The van der Waals surface area contributed by atoms with E-state index in [9.17, 15) is 8.78 Å². The van der Waals surface area contributed by atoms with Crippen LogP contribution in [0.2, 0.25) is 0 Å². The number of hydrogen-bond acceptors (Lipinski definition) is 0. The Bertz CT molecular complexity index is 819. The second-order valence-corrected chi connectivity index (χ2v) is 8.57. The first-order chi connectivity index (χ1) is 13.6. The molecule has 0 amide bonds. The normalized spacial score (nSPS) is 23.1. The fourth-order valence-corrected chi connectivity index (χ4v) is 5.21. The van der Waals surface area contributed by atoms with Gasteiger partial charge in [-0.3, -0.25) is 0 Å². The van der Waals surface area contributed by atoms with Gasteiger partial charge in [0, 0.05) is 6.07 Å². The zero-order valence-electron chi connectivity index (χ0n) is 16.8. The third-order valence-corrected chi connectivity index (χ3v) is 6.86. The molecule has 2 aliphatic rings. The van der Waals surface area contributed by atoms with Crippen molar-refractivity contribution in [3.8, 4) is 11.1 Å². The number of halogens is 2. The first-order valence-corrected chi connectivity index (χ1v) is 10.9. The molecule has 2 aromatic rings. The lowest BCUT2D eigenvalue weighted by molar-refractivity contribution is 0.290. The van der Waals surface area contributed by atoms with Crippen molar-refractivity contribution in [2.45, 2.75) is 64.7 Å². The summed E-state index contributed by atoms with van der Waals surface area (Å²) >= 11 is 0. The molecule has 4 rings (SSSR count). The minimum Gasteiger partial charge on any atom is -0.207 e. The van der Waals surface area contributed by atoms with Crippen LogP contribution in [0.25, 0.3) is 16.7 Å². The third-order valence-electron chi connectivity index (χ3n) is 6.86. The summed E-state index contributed by atoms with van der Waals surface area (Å²) < 4.78 is 27.1. The molecule has 2 aliphatic carbocycles. The molecule has 0 aromatic heterocycles. The maximum Gasteiger partial charge on any atom is 0.126 e. The molecule has 0 heterocycles. The van der Waals surface area contributed by atoms with Crippen LogP contribution in [0.5, 0.6) is 0 Å². The van der Waals surface area contributed by atoms with Crippen LogP contribution >= 0.6 is 0 Å². The monoisotopic (exact) mass is 380 g/mol. The Kier molecular flexibility index (Phi) is 5.94. The molecule has 0 atom stereocenters. The molecule has 0 aliphatic heterocycles. The smallest absolute Gasteiger partial charge is 0.126 e. The molecule has 0 nitrogen and oxygen atoms in total. The topological polar surface area (TPSA) is 0 Å². The van der Waals surface area contributed by atoms with E-state index in [1.807, 2.05) is 12.1 Å². The fraction of sp³-hybridized carbons (Fsp3) is 0.462. The molecular formula is C26H30F2. The molecule has 0 unspecified atom stereocenters. The van der Waals surface area contributed by atoms with Crippen LogP contribution in [0, 0.1) is 23.5 Å². The molecule has 0 N–H and O–H groups in total. The maximum absolute atomic E-state index is 13.5. The molecule has 28 heavy (non-hydrogen) atoms. The van der Waals surface area contributed by atoms with Gasteiger partial charge in [0.15, 0.2) is 0 Å². The van der Waals surface area contributed by atoms with Gasteiger partial charge < -0.3 is 0 Å². The minimum absolute atomic E-state index is 0.529. The van der Waals surface area contributed by atoms with Crippen LogP contribution in [-0.4, -0.2) is 0 Å². The summed E-state index contributed by atoms with van der Waals surface area (Å²) in [6.07, 6.45) is 11.7. The van der Waals surface area contributed by atoms with Crippen LogP contribution in [0.3, 0.4) is 0 Å². The predicted molar refractivity (Wildman–Crippen MR) is 113 cm³/mol. The summed E-state index contributed by atoms with van der Waals surface area (Å²) in [5.41, 5.74) is 6.00. The van der Waals surface area contributed by atoms with Gasteiger partial charge in [0.2, 0.25) is 0 Å². The Morgan fingerprint density at radius 3 is 2.00 bits per heavy atom. The fourth-order valence-electron chi connectivity index (χ4n) is 5.21. The molecule has 0 spiro atoms. The van der Waals surface area contributed by atoms with Gasteiger partial charge in [-0.2, -0.15) is 0 Å². The van der Waals surface area contributed by atoms with Gasteiger partial charge in [0.25, 0.3) is 0 Å². The highest BCUT2D eigenvalue weighted by molar-refractivity contribution is 5.73. The lowest BCUT2D eigenvalue weighted by Gasteiger charge is -2.33. The minimum atomic E-state index is -0.529. The molecule has 0 saturated heterocycles. The molecule has 148 valence electrons. The number of allylic oxidation sites excluding steroid dienone is 2. The standard InChI is InChI=1S/C26H30F2/c1-2-18-7-9-20(10-8-18)25-5-3-4-6-26(25)21-13-11-19(12-14-21)22-15-23(27)17-24(28)16-22/h11-18,20H,2-10H2,1H3. The van der Waals surface area contributed by atoms with Crippen LogP contribution in [0.15, 0.2) is 48.0 Å². The largest absolute Gasteiger partial charge is 0.207 e. The van der Waals surface area contributed by atoms with Crippen molar-refractivity contribution in [1.82, 2.24) is 0 Å². The molecular weight excluding hydrogens is 350 g/mol. The van der Waals surface area contributed by atoms with Crippen molar-refractivity contribution in [3.05, 3.63) is 65.2 Å². The van der Waals surface area contributed by atoms with E-state index in [0.717, 1.165) is 29.9 Å². The lowest BCUT2D eigenvalue weighted by Crippen LogP contribution is -2.18. The van der Waals surface area contributed by atoms with E-state index in [0.29, 0.717) is 5.56 Å². The Labute approximate surface area is 167 Å². The Morgan fingerprint density at radius 2 is 1.36 bits per heavy atom. The van der Waals surface area contributed by atoms with Crippen molar-refractivity contribution in [2.75, 3.05) is 0 Å². The van der Waals surface area contributed by atoms with E-state index in [1.54, 1.807) is 11.1 Å². The number of benzene rings is 2. The van der Waals surface area contributed by atoms with Gasteiger partial charge in [-0.05, 0) is 97.6 Å². The molecule has 1 saturated carbocycles. The highest BCUT2D eigenvalue weighted by atomic mass is 19.1. The van der Waals surface area contributed by atoms with E-state index >= 15 is 0 Å². The zero-order valence-corrected chi connectivity index (χ0v) is 16.8. The number of hydrogen-bond donors (Lipinski definition) is 0. The molecule has 1 fully saturated rings. The van der Waals surface area contributed by atoms with Crippen molar-refractivity contribution >= 4 is 5.57 Å². The third kappa shape index (κ3) is 4.21. The van der Waals surface area contributed by atoms with Gasteiger partial charge in [-0.15, -0.1) is 0 Å². The van der Waals surface area contributed by atoms with Gasteiger partial charge in [-0.1, -0.05) is 43.2 Å². The second kappa shape index (κ2) is 8.59. The first-order valence-electron chi connectivity index (χ1n) is 10.9. The Balaban J connectivity index is 1.60. The van der Waals surface area contributed by atoms with E-state index in [-0.39, 0.29) is 0 Å². The highest BCUT2D eigenvalue weighted by Crippen LogP contribution is 2.43. The van der Waals surface area contributed by atoms with Crippen molar-refractivity contribution in [1.29, 1.82) is 0 Å². The summed E-state index contributed by atoms with van der Waals surface area (Å²) in [4.78, 5) is 0. The molecule has 2 aromatic carbocycles. The highest BCUT2D eigenvalue weighted by Gasteiger charge is 2.26. The van der Waals surface area contributed by atoms with E-state index < -0.39 is 11.6 Å². The van der Waals surface area contributed by atoms with E-state index in [4.69, 9.17) is 0 Å². The van der Waals surface area contributed by atoms with Crippen LogP contribution in [0.4, 0.5) is 8.78 Å². The summed E-state index contributed by atoms with van der Waals surface area (Å²) in [6, 6.07) is 12.0. The first kappa shape index (κ1) is 19.4. The van der Waals surface area contributed by atoms with Gasteiger partial charge in [-0.25, -0.2) is 8.78 Å². The summed E-state index contributed by atoms with van der Waals surface area (Å²) in [5.74, 6) is 0.628.